The average Bonchev–Trinajstić information content (AvgIpc) is 3.07. The second-order valence-electron chi connectivity index (χ2n) is 7.75. The molecular weight excluding hydrogens is 380 g/mol. The minimum Gasteiger partial charge on any atom is -0.493 e. The summed E-state index contributed by atoms with van der Waals surface area (Å²) in [4.78, 5) is 22.1. The molecule has 0 radical (unpaired) electrons. The highest BCUT2D eigenvalue weighted by atomic mass is 16.5. The molecule has 1 saturated heterocycles. The van der Waals surface area contributed by atoms with Crippen molar-refractivity contribution in [3.63, 3.8) is 0 Å². The molecule has 4 heterocycles. The average molecular weight is 404 g/mol. The number of pyridine rings is 1. The molecule has 1 aromatic carbocycles. The Balaban J connectivity index is 1.54. The van der Waals surface area contributed by atoms with E-state index in [0.717, 1.165) is 43.7 Å². The van der Waals surface area contributed by atoms with E-state index in [1.165, 1.54) is 0 Å². The van der Waals surface area contributed by atoms with Gasteiger partial charge in [-0.3, -0.25) is 0 Å². The molecule has 0 spiro atoms. The quantitative estimate of drug-likeness (QED) is 0.489. The number of nitrogens with zero attached hydrogens (tertiary/aromatic N) is 4. The first kappa shape index (κ1) is 18.7. The Morgan fingerprint density at radius 3 is 2.87 bits per heavy atom. The molecule has 1 aliphatic rings. The maximum atomic E-state index is 12.8. The largest absolute Gasteiger partial charge is 0.493 e. The molecule has 3 aromatic heterocycles. The van der Waals surface area contributed by atoms with Gasteiger partial charge in [0.2, 0.25) is 0 Å². The molecule has 7 nitrogen and oxygen atoms in total. The Labute approximate surface area is 174 Å². The number of imidazole rings is 1. The maximum Gasteiger partial charge on any atom is 0.345 e. The first-order chi connectivity index (χ1) is 14.6. The number of rotatable bonds is 3. The van der Waals surface area contributed by atoms with Crippen molar-refractivity contribution in [2.24, 2.45) is 0 Å². The van der Waals surface area contributed by atoms with Gasteiger partial charge in [-0.25, -0.2) is 9.78 Å². The lowest BCUT2D eigenvalue weighted by Crippen LogP contribution is -2.28. The second kappa shape index (κ2) is 7.50. The number of methoxy groups -OCH3 is 1. The van der Waals surface area contributed by atoms with E-state index >= 15 is 0 Å². The Morgan fingerprint density at radius 1 is 1.10 bits per heavy atom. The number of hydrogen-bond acceptors (Lipinski definition) is 6. The van der Waals surface area contributed by atoms with E-state index in [2.05, 4.69) is 27.9 Å². The first-order valence-corrected chi connectivity index (χ1v) is 10.2. The second-order valence-corrected chi connectivity index (χ2v) is 7.75. The molecule has 5 rings (SSSR count). The molecule has 1 aliphatic heterocycles. The smallest absolute Gasteiger partial charge is 0.345 e. The fourth-order valence-electron chi connectivity index (χ4n) is 4.06. The van der Waals surface area contributed by atoms with Crippen LogP contribution >= 0.6 is 0 Å². The minimum atomic E-state index is -0.391. The molecule has 0 unspecified atom stereocenters. The number of aromatic nitrogens is 2. The lowest BCUT2D eigenvalue weighted by atomic mass is 10.1. The van der Waals surface area contributed by atoms with Gasteiger partial charge in [0.05, 0.1) is 18.4 Å². The maximum absolute atomic E-state index is 12.8. The highest BCUT2D eigenvalue weighted by Crippen LogP contribution is 2.27. The molecule has 0 N–H and O–H groups in total. The monoisotopic (exact) mass is 404 g/mol. The number of anilines is 1. The Morgan fingerprint density at radius 2 is 2.00 bits per heavy atom. The van der Waals surface area contributed by atoms with Gasteiger partial charge in [-0.1, -0.05) is 0 Å². The van der Waals surface area contributed by atoms with Crippen LogP contribution in [0.25, 0.3) is 27.9 Å². The molecule has 0 amide bonds. The van der Waals surface area contributed by atoms with Crippen LogP contribution in [-0.2, 0) is 0 Å². The summed E-state index contributed by atoms with van der Waals surface area (Å²) in [7, 11) is 3.76. The van der Waals surface area contributed by atoms with Crippen molar-refractivity contribution in [1.29, 1.82) is 0 Å². The molecule has 154 valence electrons. The third kappa shape index (κ3) is 3.31. The predicted molar refractivity (Wildman–Crippen MR) is 118 cm³/mol. The van der Waals surface area contributed by atoms with Gasteiger partial charge < -0.3 is 23.4 Å². The first-order valence-electron chi connectivity index (χ1n) is 10.2. The molecule has 1 fully saturated rings. The molecule has 4 aromatic rings. The molecule has 0 bridgehead atoms. The molecule has 0 atom stereocenters. The van der Waals surface area contributed by atoms with Crippen LogP contribution in [0, 0.1) is 0 Å². The Kier molecular flexibility index (Phi) is 4.67. The number of fused-ring (bicyclic) bond motifs is 2. The van der Waals surface area contributed by atoms with Gasteiger partial charge in [-0.15, -0.1) is 0 Å². The van der Waals surface area contributed by atoms with Crippen molar-refractivity contribution in [1.82, 2.24) is 14.3 Å². The molecule has 0 saturated carbocycles. The Hall–Kier alpha value is -3.32. The summed E-state index contributed by atoms with van der Waals surface area (Å²) in [5.41, 5.74) is 2.96. The lowest BCUT2D eigenvalue weighted by molar-refractivity contribution is 0.360. The van der Waals surface area contributed by atoms with Crippen LogP contribution in [0.1, 0.15) is 6.42 Å². The third-order valence-corrected chi connectivity index (χ3v) is 5.75. The van der Waals surface area contributed by atoms with Gasteiger partial charge in [0.1, 0.15) is 5.58 Å². The summed E-state index contributed by atoms with van der Waals surface area (Å²) in [6, 6.07) is 11.7. The van der Waals surface area contributed by atoms with Crippen molar-refractivity contribution in [3.05, 3.63) is 59.2 Å². The van der Waals surface area contributed by atoms with E-state index in [-0.39, 0.29) is 0 Å². The van der Waals surface area contributed by atoms with Crippen LogP contribution in [0.2, 0.25) is 0 Å². The van der Waals surface area contributed by atoms with Crippen LogP contribution in [0.15, 0.2) is 58.0 Å². The number of benzene rings is 1. The van der Waals surface area contributed by atoms with Crippen molar-refractivity contribution < 1.29 is 9.15 Å². The zero-order valence-electron chi connectivity index (χ0n) is 17.2. The predicted octanol–water partition coefficient (Wildman–Crippen LogP) is 3.26. The highest BCUT2D eigenvalue weighted by Gasteiger charge is 2.16. The van der Waals surface area contributed by atoms with Crippen LogP contribution < -0.4 is 15.3 Å². The standard InChI is InChI=1S/C23H24N4O3/c1-25-8-4-10-26(12-11-25)17-7-6-16-13-18(23(28)30-21(16)14-17)19-15-27-9-3-5-20(29-2)22(27)24-19/h3,5-7,9,13-15H,4,8,10-12H2,1-2H3. The van der Waals surface area contributed by atoms with E-state index in [0.29, 0.717) is 28.2 Å². The summed E-state index contributed by atoms with van der Waals surface area (Å²) in [5.74, 6) is 0.654. The van der Waals surface area contributed by atoms with Gasteiger partial charge in [0, 0.05) is 49.2 Å². The molecule has 30 heavy (non-hydrogen) atoms. The third-order valence-electron chi connectivity index (χ3n) is 5.75. The summed E-state index contributed by atoms with van der Waals surface area (Å²) < 4.78 is 12.9. The van der Waals surface area contributed by atoms with E-state index in [1.807, 2.05) is 47.1 Å². The molecule has 0 aliphatic carbocycles. The van der Waals surface area contributed by atoms with Gasteiger partial charge in [0.15, 0.2) is 11.4 Å². The summed E-state index contributed by atoms with van der Waals surface area (Å²) in [5, 5.41) is 0.879. The van der Waals surface area contributed by atoms with Crippen molar-refractivity contribution in [2.45, 2.75) is 6.42 Å². The summed E-state index contributed by atoms with van der Waals surface area (Å²) >= 11 is 0. The van der Waals surface area contributed by atoms with Crippen LogP contribution in [-0.4, -0.2) is 54.6 Å². The van der Waals surface area contributed by atoms with E-state index in [1.54, 1.807) is 7.11 Å². The lowest BCUT2D eigenvalue weighted by Gasteiger charge is -2.22. The van der Waals surface area contributed by atoms with Crippen molar-refractivity contribution in [2.75, 3.05) is 45.2 Å². The molecular formula is C23H24N4O3. The zero-order valence-corrected chi connectivity index (χ0v) is 17.2. The normalized spacial score (nSPS) is 15.6. The number of ether oxygens (including phenoxy) is 1. The van der Waals surface area contributed by atoms with E-state index < -0.39 is 5.63 Å². The highest BCUT2D eigenvalue weighted by molar-refractivity contribution is 5.84. The Bertz CT molecular complexity index is 1280. The minimum absolute atomic E-state index is 0.391. The van der Waals surface area contributed by atoms with Crippen molar-refractivity contribution in [3.8, 4) is 17.0 Å². The van der Waals surface area contributed by atoms with Crippen LogP contribution in [0.5, 0.6) is 5.75 Å². The van der Waals surface area contributed by atoms with Gasteiger partial charge in [0.25, 0.3) is 0 Å². The van der Waals surface area contributed by atoms with Gasteiger partial charge in [-0.05, 0) is 50.3 Å². The SMILES string of the molecule is COc1cccn2cc(-c3cc4ccc(N5CCCN(C)CC5)cc4oc3=O)nc12. The van der Waals surface area contributed by atoms with Gasteiger partial charge >= 0.3 is 5.63 Å². The van der Waals surface area contributed by atoms with Crippen LogP contribution in [0.3, 0.4) is 0 Å². The van der Waals surface area contributed by atoms with E-state index in [9.17, 15) is 4.79 Å². The zero-order chi connectivity index (χ0) is 20.7. The fourth-order valence-corrected chi connectivity index (χ4v) is 4.06. The van der Waals surface area contributed by atoms with Crippen LogP contribution in [0.4, 0.5) is 5.69 Å². The summed E-state index contributed by atoms with van der Waals surface area (Å²) in [6.07, 6.45) is 4.81. The fraction of sp³-hybridized carbons (Fsp3) is 0.304. The number of likely N-dealkylation sites (N-methyl/N-ethyl adjacent to an activating group) is 1. The summed E-state index contributed by atoms with van der Waals surface area (Å²) in [6.45, 7) is 4.10. The van der Waals surface area contributed by atoms with Crippen molar-refractivity contribution >= 4 is 22.3 Å². The topological polar surface area (TPSA) is 63.2 Å². The van der Waals surface area contributed by atoms with E-state index in [4.69, 9.17) is 9.15 Å². The number of hydrogen-bond donors (Lipinski definition) is 0. The molecule has 7 heteroatoms. The van der Waals surface area contributed by atoms with Gasteiger partial charge in [-0.2, -0.15) is 0 Å².